The summed E-state index contributed by atoms with van der Waals surface area (Å²) in [7, 11) is -2.11. The van der Waals surface area contributed by atoms with E-state index >= 15 is 0 Å². The van der Waals surface area contributed by atoms with Gasteiger partial charge in [-0.3, -0.25) is 13.7 Å². The fourth-order valence-electron chi connectivity index (χ4n) is 12.3. The lowest BCUT2D eigenvalue weighted by atomic mass is 9.64. The van der Waals surface area contributed by atoms with Gasteiger partial charge in [0, 0.05) is 58.6 Å². The molecule has 0 aliphatic carbocycles. The summed E-state index contributed by atoms with van der Waals surface area (Å²) in [6, 6.07) is 81.4. The van der Waals surface area contributed by atoms with Gasteiger partial charge in [-0.1, -0.05) is 186 Å². The molecule has 1 fully saturated rings. The first kappa shape index (κ1) is 46.6. The third-order valence-electron chi connectivity index (χ3n) is 16.2. The number of para-hydroxylation sites is 4. The summed E-state index contributed by atoms with van der Waals surface area (Å²) in [5.41, 5.74) is 16.3. The maximum absolute atomic E-state index is 7.02. The number of pyridine rings is 1. The average molecular weight is 1010 g/mol. The van der Waals surface area contributed by atoms with E-state index in [4.69, 9.17) is 9.72 Å². The van der Waals surface area contributed by atoms with Gasteiger partial charge in [-0.2, -0.15) is 0 Å². The van der Waals surface area contributed by atoms with Gasteiger partial charge in [0.15, 0.2) is 0 Å². The first-order valence-electron chi connectivity index (χ1n) is 26.8. The van der Waals surface area contributed by atoms with Crippen LogP contribution in [-0.2, 0) is 5.41 Å². The van der Waals surface area contributed by atoms with Crippen LogP contribution in [0.5, 0.6) is 11.5 Å². The van der Waals surface area contributed by atoms with Crippen LogP contribution < -0.4 is 34.8 Å². The molecule has 9 aromatic carbocycles. The summed E-state index contributed by atoms with van der Waals surface area (Å²) in [6.07, 6.45) is 5.72. The lowest BCUT2D eigenvalue weighted by molar-refractivity contribution is -0.572. The van der Waals surface area contributed by atoms with Crippen LogP contribution in [0.15, 0.2) is 231 Å². The number of hydrogen-bond acceptors (Lipinski definition) is 4. The molecule has 5 heterocycles. The molecule has 12 aromatic rings. The predicted octanol–water partition coefficient (Wildman–Crippen LogP) is 13.5. The molecule has 0 amide bonds. The van der Waals surface area contributed by atoms with Crippen molar-refractivity contribution in [1.29, 1.82) is 0 Å². The van der Waals surface area contributed by atoms with E-state index in [-0.39, 0.29) is 12.4 Å². The number of fused-ring (bicyclic) bond motifs is 5. The standard InChI is InChI=1S/C68H57BN6OSi/c1-68(2,3)49-38-39-70-66(42-49)75-60-36-32-50(69-73(58-28-17-15-26-54(58)47-20-9-6-10-21-47)40-41-74(69)59-29-18-16-27-55(59)48-22-11-7-12-23-48)43-57(60)56-35-33-52(44-62(56)75)76-53-34-37-64-63(45-53)72-46-71(51-24-13-8-14-25-51)61-30-19-31-65(67(61)72)77(64,4)5/h6-39,42-45H,40-41H2,1-5H3. The largest absolute Gasteiger partial charge is 0.458 e. The van der Waals surface area contributed by atoms with E-state index in [1.54, 1.807) is 0 Å². The molecule has 7 nitrogen and oxygen atoms in total. The van der Waals surface area contributed by atoms with Crippen LogP contribution in [0.1, 0.15) is 26.3 Å². The van der Waals surface area contributed by atoms with Gasteiger partial charge in [-0.15, -0.1) is 0 Å². The molecule has 1 saturated heterocycles. The smallest absolute Gasteiger partial charge is 0.411 e. The van der Waals surface area contributed by atoms with Crippen molar-refractivity contribution >= 4 is 75.1 Å². The van der Waals surface area contributed by atoms with Gasteiger partial charge in [-0.25, -0.2) is 4.98 Å². The lowest BCUT2D eigenvalue weighted by Crippen LogP contribution is -2.57. The summed E-state index contributed by atoms with van der Waals surface area (Å²) in [6.45, 7) is 13.3. The van der Waals surface area contributed by atoms with E-state index in [9.17, 15) is 0 Å². The first-order chi connectivity index (χ1) is 37.6. The van der Waals surface area contributed by atoms with Crippen molar-refractivity contribution in [3.63, 3.8) is 0 Å². The van der Waals surface area contributed by atoms with Crippen LogP contribution in [0.4, 0.5) is 11.4 Å². The Kier molecular flexibility index (Phi) is 11.0. The van der Waals surface area contributed by atoms with Gasteiger partial charge in [0.2, 0.25) is 0 Å². The Morgan fingerprint density at radius 2 is 1.17 bits per heavy atom. The quantitative estimate of drug-likeness (QED) is 0.0821. The van der Waals surface area contributed by atoms with Gasteiger partial charge in [0.1, 0.15) is 25.4 Å². The van der Waals surface area contributed by atoms with Crippen molar-refractivity contribution in [2.75, 3.05) is 22.7 Å². The fraction of sp³-hybridized carbons (Fsp3) is 0.118. The summed E-state index contributed by atoms with van der Waals surface area (Å²) in [4.78, 5) is 10.3. The molecule has 0 atom stereocenters. The molecule has 0 radical (unpaired) electrons. The lowest BCUT2D eigenvalue weighted by Gasteiger charge is -2.32. The molecule has 0 unspecified atom stereocenters. The molecule has 9 heteroatoms. The maximum atomic E-state index is 7.02. The van der Waals surface area contributed by atoms with Crippen LogP contribution in [0.3, 0.4) is 0 Å². The van der Waals surface area contributed by atoms with E-state index in [1.165, 1.54) is 60.5 Å². The highest BCUT2D eigenvalue weighted by atomic mass is 28.3. The van der Waals surface area contributed by atoms with Crippen molar-refractivity contribution < 1.29 is 9.30 Å². The number of imidazole rings is 1. The van der Waals surface area contributed by atoms with Crippen LogP contribution in [0.2, 0.25) is 13.1 Å². The number of nitrogens with zero attached hydrogens (tertiary/aromatic N) is 6. The minimum Gasteiger partial charge on any atom is -0.458 e. The summed E-state index contributed by atoms with van der Waals surface area (Å²) in [5.74, 6) is 2.41. The Morgan fingerprint density at radius 3 is 1.84 bits per heavy atom. The van der Waals surface area contributed by atoms with Crippen molar-refractivity contribution in [2.24, 2.45) is 0 Å². The zero-order valence-corrected chi connectivity index (χ0v) is 45.0. The number of ether oxygens (including phenoxy) is 1. The zero-order valence-electron chi connectivity index (χ0n) is 44.0. The molecule has 0 saturated carbocycles. The molecule has 2 aliphatic rings. The summed E-state index contributed by atoms with van der Waals surface area (Å²) < 4.78 is 13.8. The van der Waals surface area contributed by atoms with E-state index in [0.29, 0.717) is 0 Å². The number of hydrogen-bond donors (Lipinski definition) is 0. The highest BCUT2D eigenvalue weighted by molar-refractivity contribution is 7.02. The van der Waals surface area contributed by atoms with Gasteiger partial charge in [0.05, 0.1) is 33.4 Å². The first-order valence-corrected chi connectivity index (χ1v) is 29.8. The number of benzene rings is 9. The van der Waals surface area contributed by atoms with E-state index in [1.807, 2.05) is 6.20 Å². The normalized spacial score (nSPS) is 14.0. The number of anilines is 2. The number of aromatic nitrogens is 4. The van der Waals surface area contributed by atoms with Crippen LogP contribution in [-0.4, -0.2) is 42.3 Å². The van der Waals surface area contributed by atoms with Crippen molar-refractivity contribution in [2.45, 2.75) is 39.3 Å². The molecule has 372 valence electrons. The Bertz CT molecular complexity index is 4150. The van der Waals surface area contributed by atoms with Crippen LogP contribution in [0.25, 0.3) is 72.3 Å². The van der Waals surface area contributed by atoms with E-state index in [2.05, 4.69) is 288 Å². The molecule has 77 heavy (non-hydrogen) atoms. The fourth-order valence-corrected chi connectivity index (χ4v) is 15.3. The van der Waals surface area contributed by atoms with Crippen molar-refractivity contribution in [3.05, 3.63) is 243 Å². The Labute approximate surface area is 451 Å². The van der Waals surface area contributed by atoms with Gasteiger partial charge >= 0.3 is 6.98 Å². The summed E-state index contributed by atoms with van der Waals surface area (Å²) in [5, 5.41) is 5.06. The molecular formula is C68H57BN6OSi. The molecular weight excluding hydrogens is 956 g/mol. The van der Waals surface area contributed by atoms with Gasteiger partial charge in [0.25, 0.3) is 6.33 Å². The Morgan fingerprint density at radius 1 is 0.545 bits per heavy atom. The maximum Gasteiger partial charge on any atom is 0.411 e. The van der Waals surface area contributed by atoms with Crippen LogP contribution in [0, 0.1) is 6.33 Å². The minimum atomic E-state index is -2.11. The monoisotopic (exact) mass is 1010 g/mol. The second-order valence-electron chi connectivity index (χ2n) is 22.2. The molecule has 0 bridgehead atoms. The molecule has 0 spiro atoms. The van der Waals surface area contributed by atoms with Crippen molar-refractivity contribution in [1.82, 2.24) is 14.1 Å². The second-order valence-corrected chi connectivity index (χ2v) is 26.5. The third kappa shape index (κ3) is 7.78. The van der Waals surface area contributed by atoms with E-state index < -0.39 is 8.07 Å². The molecule has 14 rings (SSSR count). The summed E-state index contributed by atoms with van der Waals surface area (Å²) >= 11 is 0. The van der Waals surface area contributed by atoms with E-state index in [0.717, 1.165) is 69.1 Å². The number of rotatable bonds is 9. The molecule has 0 N–H and O–H groups in total. The Hall–Kier alpha value is -8.92. The minimum absolute atomic E-state index is 0.0765. The highest BCUT2D eigenvalue weighted by Gasteiger charge is 2.42. The van der Waals surface area contributed by atoms with Crippen LogP contribution >= 0.6 is 0 Å². The van der Waals surface area contributed by atoms with Crippen molar-refractivity contribution in [3.8, 4) is 50.9 Å². The predicted molar refractivity (Wildman–Crippen MR) is 322 cm³/mol. The molecule has 2 aliphatic heterocycles. The average Bonchev–Trinajstić information content (AvgIpc) is 4.41. The SMILES string of the molecule is CC(C)(C)c1ccnc(-n2c3ccc(B4N(c5ccccc5-c5ccccc5)CCN4c4ccccc4-c4ccccc4)cc3c3ccc(Oc4ccc5c(c4)-n4[c-][n+](-c6ccccc6)c6cccc(c64)[Si]5(C)C)cc32)c1. The topological polar surface area (TPSA) is 42.3 Å². The second kappa shape index (κ2) is 18.1. The zero-order chi connectivity index (χ0) is 52.0. The van der Waals surface area contributed by atoms with Gasteiger partial charge < -0.3 is 14.4 Å². The molecule has 3 aromatic heterocycles. The highest BCUT2D eigenvalue weighted by Crippen LogP contribution is 2.41. The van der Waals surface area contributed by atoms with Gasteiger partial charge in [-0.05, 0) is 105 Å². The third-order valence-corrected chi connectivity index (χ3v) is 19.7. The Balaban J connectivity index is 0.924.